The zero-order valence-corrected chi connectivity index (χ0v) is 16.1. The van der Waals surface area contributed by atoms with Gasteiger partial charge in [0.15, 0.2) is 0 Å². The summed E-state index contributed by atoms with van der Waals surface area (Å²) in [4.78, 5) is 39.9. The van der Waals surface area contributed by atoms with Crippen LogP contribution in [0.4, 0.5) is 11.4 Å². The van der Waals surface area contributed by atoms with Crippen molar-refractivity contribution in [3.63, 3.8) is 0 Å². The average Bonchev–Trinajstić information content (AvgIpc) is 2.74. The minimum absolute atomic E-state index is 0.0188. The number of carbonyl (C=O) groups is 3. The fraction of sp³-hybridized carbons (Fsp3) is 0.333. The Hall–Kier alpha value is -3.42. The predicted molar refractivity (Wildman–Crippen MR) is 107 cm³/mol. The Morgan fingerprint density at radius 2 is 1.76 bits per heavy atom. The van der Waals surface area contributed by atoms with Crippen LogP contribution in [-0.4, -0.2) is 35.0 Å². The highest BCUT2D eigenvalue weighted by atomic mass is 16.5. The third-order valence-electron chi connectivity index (χ3n) is 4.89. The number of anilines is 2. The van der Waals surface area contributed by atoms with Gasteiger partial charge in [0.25, 0.3) is 5.91 Å². The molecule has 3 N–H and O–H groups in total. The lowest BCUT2D eigenvalue weighted by molar-refractivity contribution is -0.120. The Morgan fingerprint density at radius 1 is 1.03 bits per heavy atom. The third-order valence-corrected chi connectivity index (χ3v) is 4.89. The van der Waals surface area contributed by atoms with Gasteiger partial charge >= 0.3 is 5.97 Å². The lowest BCUT2D eigenvalue weighted by Gasteiger charge is -2.21. The number of hydrogen-bond donors (Lipinski definition) is 3. The molecule has 1 aliphatic carbocycles. The lowest BCUT2D eigenvalue weighted by atomic mass is 9.88. The van der Waals surface area contributed by atoms with E-state index in [0.29, 0.717) is 17.1 Å². The molecule has 1 aliphatic rings. The van der Waals surface area contributed by atoms with Crippen LogP contribution in [0.15, 0.2) is 36.4 Å². The Balaban J connectivity index is 1.75. The third kappa shape index (κ3) is 5.10. The van der Waals surface area contributed by atoms with Crippen LogP contribution in [0, 0.1) is 5.92 Å². The second-order valence-corrected chi connectivity index (χ2v) is 6.91. The maximum Gasteiger partial charge on any atom is 0.354 e. The highest BCUT2D eigenvalue weighted by Gasteiger charge is 2.22. The molecule has 3 rings (SSSR count). The number of aromatic carboxylic acids is 1. The monoisotopic (exact) mass is 397 g/mol. The molecule has 1 aromatic heterocycles. The van der Waals surface area contributed by atoms with Crippen molar-refractivity contribution in [2.75, 3.05) is 17.7 Å². The van der Waals surface area contributed by atoms with Crippen LogP contribution in [0.2, 0.25) is 0 Å². The zero-order valence-electron chi connectivity index (χ0n) is 16.1. The van der Waals surface area contributed by atoms with Gasteiger partial charge in [-0.25, -0.2) is 9.78 Å². The molecular weight excluding hydrogens is 374 g/mol. The molecule has 1 saturated carbocycles. The zero-order chi connectivity index (χ0) is 20.8. The second-order valence-electron chi connectivity index (χ2n) is 6.91. The summed E-state index contributed by atoms with van der Waals surface area (Å²) in [7, 11) is 1.51. The van der Waals surface area contributed by atoms with E-state index in [-0.39, 0.29) is 23.2 Å². The number of methoxy groups -OCH3 is 1. The number of rotatable bonds is 6. The fourth-order valence-corrected chi connectivity index (χ4v) is 3.36. The summed E-state index contributed by atoms with van der Waals surface area (Å²) in [5.41, 5.74) is 0.659. The van der Waals surface area contributed by atoms with Gasteiger partial charge in [0, 0.05) is 11.6 Å². The summed E-state index contributed by atoms with van der Waals surface area (Å²) in [5, 5.41) is 14.6. The number of pyridine rings is 1. The first-order valence-electron chi connectivity index (χ1n) is 9.48. The summed E-state index contributed by atoms with van der Waals surface area (Å²) >= 11 is 0. The van der Waals surface area contributed by atoms with E-state index < -0.39 is 11.9 Å². The minimum Gasteiger partial charge on any atom is -0.495 e. The molecule has 0 spiro atoms. The Labute approximate surface area is 168 Å². The molecule has 0 unspecified atom stereocenters. The van der Waals surface area contributed by atoms with Crippen LogP contribution in [0.1, 0.15) is 53.1 Å². The molecule has 0 saturated heterocycles. The highest BCUT2D eigenvalue weighted by Crippen LogP contribution is 2.30. The molecule has 1 aromatic carbocycles. The van der Waals surface area contributed by atoms with Gasteiger partial charge in [0.1, 0.15) is 17.1 Å². The molecule has 1 fully saturated rings. The summed E-state index contributed by atoms with van der Waals surface area (Å²) < 4.78 is 5.32. The van der Waals surface area contributed by atoms with Gasteiger partial charge in [-0.1, -0.05) is 25.3 Å². The number of ether oxygens (including phenoxy) is 1. The van der Waals surface area contributed by atoms with Crippen molar-refractivity contribution in [2.24, 2.45) is 5.92 Å². The Kier molecular flexibility index (Phi) is 6.43. The maximum absolute atomic E-state index is 12.6. The molecule has 2 aromatic rings. The normalized spacial score (nSPS) is 14.1. The van der Waals surface area contributed by atoms with Gasteiger partial charge in [0.2, 0.25) is 5.91 Å². The molecule has 8 heteroatoms. The van der Waals surface area contributed by atoms with E-state index in [1.165, 1.54) is 25.3 Å². The topological polar surface area (TPSA) is 118 Å². The van der Waals surface area contributed by atoms with Crippen molar-refractivity contribution in [1.29, 1.82) is 0 Å². The summed E-state index contributed by atoms with van der Waals surface area (Å²) in [6.45, 7) is 0. The summed E-state index contributed by atoms with van der Waals surface area (Å²) in [6.07, 6.45) is 5.00. The number of carboxylic acid groups (broad SMARTS) is 1. The van der Waals surface area contributed by atoms with Crippen molar-refractivity contribution in [1.82, 2.24) is 4.98 Å². The van der Waals surface area contributed by atoms with Crippen molar-refractivity contribution >= 4 is 29.2 Å². The number of aromatic nitrogens is 1. The van der Waals surface area contributed by atoms with E-state index >= 15 is 0 Å². The Bertz CT molecular complexity index is 922. The first-order valence-corrected chi connectivity index (χ1v) is 9.48. The minimum atomic E-state index is -1.21. The number of carbonyl (C=O) groups excluding carboxylic acids is 2. The van der Waals surface area contributed by atoms with Crippen LogP contribution < -0.4 is 15.4 Å². The van der Waals surface area contributed by atoms with Crippen molar-refractivity contribution in [2.45, 2.75) is 32.1 Å². The smallest absolute Gasteiger partial charge is 0.354 e. The molecule has 29 heavy (non-hydrogen) atoms. The summed E-state index contributed by atoms with van der Waals surface area (Å²) in [5.74, 6) is -1.35. The van der Waals surface area contributed by atoms with Gasteiger partial charge in [-0.15, -0.1) is 0 Å². The van der Waals surface area contributed by atoms with Crippen LogP contribution >= 0.6 is 0 Å². The summed E-state index contributed by atoms with van der Waals surface area (Å²) in [6, 6.07) is 9.08. The molecule has 0 radical (unpaired) electrons. The van der Waals surface area contributed by atoms with Crippen LogP contribution in [0.3, 0.4) is 0 Å². The van der Waals surface area contributed by atoms with E-state index in [4.69, 9.17) is 9.84 Å². The van der Waals surface area contributed by atoms with Gasteiger partial charge in [0.05, 0.1) is 12.8 Å². The van der Waals surface area contributed by atoms with Crippen molar-refractivity contribution in [3.8, 4) is 5.75 Å². The predicted octanol–water partition coefficient (Wildman–Crippen LogP) is 3.56. The molecular formula is C21H23N3O5. The SMILES string of the molecule is COc1ccc(NC(=O)c2cccc(C(=O)O)n2)cc1NC(=O)C1CCCCC1. The second kappa shape index (κ2) is 9.18. The van der Waals surface area contributed by atoms with E-state index in [1.54, 1.807) is 18.2 Å². The standard InChI is InChI=1S/C21H23N3O5/c1-29-18-11-10-14(12-17(18)24-19(25)13-6-3-2-4-7-13)22-20(26)15-8-5-9-16(23-15)21(27)28/h5,8-13H,2-4,6-7H2,1H3,(H,22,26)(H,24,25)(H,27,28). The molecule has 0 bridgehead atoms. The van der Waals surface area contributed by atoms with Gasteiger partial charge in [-0.05, 0) is 43.2 Å². The van der Waals surface area contributed by atoms with Crippen LogP contribution in [-0.2, 0) is 4.79 Å². The first kappa shape index (κ1) is 20.3. The van der Waals surface area contributed by atoms with Gasteiger partial charge < -0.3 is 20.5 Å². The highest BCUT2D eigenvalue weighted by molar-refractivity contribution is 6.04. The Morgan fingerprint density at radius 3 is 2.45 bits per heavy atom. The van der Waals surface area contributed by atoms with Crippen LogP contribution in [0.5, 0.6) is 5.75 Å². The van der Waals surface area contributed by atoms with Gasteiger partial charge in [-0.2, -0.15) is 0 Å². The number of nitrogens with one attached hydrogen (secondary N) is 2. The number of benzene rings is 1. The van der Waals surface area contributed by atoms with Crippen LogP contribution in [0.25, 0.3) is 0 Å². The van der Waals surface area contributed by atoms with E-state index in [1.807, 2.05) is 0 Å². The lowest BCUT2D eigenvalue weighted by Crippen LogP contribution is -2.25. The molecule has 152 valence electrons. The van der Waals surface area contributed by atoms with Crippen molar-refractivity contribution in [3.05, 3.63) is 47.8 Å². The van der Waals surface area contributed by atoms with Crippen molar-refractivity contribution < 1.29 is 24.2 Å². The molecule has 2 amide bonds. The number of carboxylic acids is 1. The fourth-order valence-electron chi connectivity index (χ4n) is 3.36. The van der Waals surface area contributed by atoms with E-state index in [2.05, 4.69) is 15.6 Å². The quantitative estimate of drug-likeness (QED) is 0.686. The number of hydrogen-bond acceptors (Lipinski definition) is 5. The van der Waals surface area contributed by atoms with Gasteiger partial charge in [-0.3, -0.25) is 9.59 Å². The average molecular weight is 397 g/mol. The van der Waals surface area contributed by atoms with E-state index in [0.717, 1.165) is 32.1 Å². The molecule has 1 heterocycles. The maximum atomic E-state index is 12.6. The van der Waals surface area contributed by atoms with E-state index in [9.17, 15) is 14.4 Å². The molecule has 0 atom stereocenters. The number of nitrogens with zero attached hydrogens (tertiary/aromatic N) is 1. The number of amides is 2. The first-order chi connectivity index (χ1) is 14.0. The molecule has 8 nitrogen and oxygen atoms in total. The molecule has 0 aliphatic heterocycles. The largest absolute Gasteiger partial charge is 0.495 e.